The summed E-state index contributed by atoms with van der Waals surface area (Å²) < 4.78 is 8.22. The minimum atomic E-state index is -1.08. The molecule has 2 amide bonds. The van der Waals surface area contributed by atoms with Gasteiger partial charge in [0, 0.05) is 25.7 Å². The zero-order chi connectivity index (χ0) is 22.5. The summed E-state index contributed by atoms with van der Waals surface area (Å²) in [6, 6.07) is 5.78. The maximum atomic E-state index is 12.7. The molecule has 0 aliphatic carbocycles. The molecule has 0 atom stereocenters. The quantitative estimate of drug-likeness (QED) is 0.451. The first-order valence-corrected chi connectivity index (χ1v) is 10.7. The Kier molecular flexibility index (Phi) is 12.0. The van der Waals surface area contributed by atoms with Crippen LogP contribution in [0.5, 0.6) is 0 Å². The van der Waals surface area contributed by atoms with Gasteiger partial charge >= 0.3 is 23.2 Å². The Labute approximate surface area is 189 Å². The van der Waals surface area contributed by atoms with Crippen LogP contribution in [-0.4, -0.2) is 54.5 Å². The van der Waals surface area contributed by atoms with Crippen LogP contribution in [0, 0.1) is 19.3 Å². The topological polar surface area (TPSA) is 116 Å². The van der Waals surface area contributed by atoms with E-state index < -0.39 is 5.97 Å². The molecule has 2 heterocycles. The van der Waals surface area contributed by atoms with Crippen molar-refractivity contribution in [3.05, 3.63) is 48.2 Å². The van der Waals surface area contributed by atoms with Crippen molar-refractivity contribution in [1.82, 2.24) is 15.5 Å². The second kappa shape index (κ2) is 13.9. The summed E-state index contributed by atoms with van der Waals surface area (Å²) in [6.45, 7) is 6.07. The van der Waals surface area contributed by atoms with E-state index in [1.807, 2.05) is 30.1 Å². The number of carbonyl (C=O) groups excluding carboxylic acids is 2. The van der Waals surface area contributed by atoms with Crippen LogP contribution in [0.2, 0.25) is 0 Å². The summed E-state index contributed by atoms with van der Waals surface area (Å²) in [7, 11) is 1.88. The molecule has 0 unspecified atom stereocenters. The van der Waals surface area contributed by atoms with E-state index in [-0.39, 0.29) is 11.8 Å². The van der Waals surface area contributed by atoms with Gasteiger partial charge in [0.1, 0.15) is 0 Å². The summed E-state index contributed by atoms with van der Waals surface area (Å²) in [5.74, 6) is -0.339. The molecular formula is C21H29N3O5Pt-2. The number of benzene rings is 1. The van der Waals surface area contributed by atoms with Crippen molar-refractivity contribution in [2.24, 2.45) is 5.92 Å². The molecule has 2 aliphatic heterocycles. The van der Waals surface area contributed by atoms with Crippen LogP contribution < -0.4 is 10.6 Å². The van der Waals surface area contributed by atoms with Crippen molar-refractivity contribution >= 4 is 17.8 Å². The number of amides is 2. The molecule has 3 rings (SSSR count). The number of nitrogens with zero attached hydrogens (tertiary/aromatic N) is 1. The van der Waals surface area contributed by atoms with Crippen LogP contribution in [0.1, 0.15) is 40.7 Å². The SMILES string of the molecule is CN(CCC1CCNCC1)C(=O)c1ccc2c(c1)C[CH-]C(=O)NC2.[CH2-]C(=O)O.[O]=[Pt]. The molecule has 1 aromatic rings. The Hall–Kier alpha value is -2.18. The fourth-order valence-electron chi connectivity index (χ4n) is 3.45. The Bertz CT molecular complexity index is 719. The van der Waals surface area contributed by atoms with Crippen LogP contribution in [0.25, 0.3) is 0 Å². The Morgan fingerprint density at radius 1 is 1.27 bits per heavy atom. The van der Waals surface area contributed by atoms with Crippen LogP contribution in [0.3, 0.4) is 0 Å². The van der Waals surface area contributed by atoms with Crippen molar-refractivity contribution < 1.29 is 42.7 Å². The molecule has 2 aliphatic rings. The zero-order valence-corrected chi connectivity index (χ0v) is 19.4. The van der Waals surface area contributed by atoms with E-state index in [1.54, 1.807) is 6.42 Å². The summed E-state index contributed by atoms with van der Waals surface area (Å²) in [4.78, 5) is 34.9. The summed E-state index contributed by atoms with van der Waals surface area (Å²) in [5, 5.41) is 13.5. The second-order valence-electron chi connectivity index (χ2n) is 7.21. The first kappa shape index (κ1) is 25.9. The van der Waals surface area contributed by atoms with E-state index in [0.717, 1.165) is 62.9 Å². The van der Waals surface area contributed by atoms with E-state index in [4.69, 9.17) is 13.3 Å². The minimum absolute atomic E-state index is 0.0434. The number of nitrogens with one attached hydrogen (secondary N) is 2. The molecule has 1 aromatic carbocycles. The van der Waals surface area contributed by atoms with Gasteiger partial charge in [0.2, 0.25) is 0 Å². The van der Waals surface area contributed by atoms with Gasteiger partial charge in [-0.05, 0) is 56.0 Å². The van der Waals surface area contributed by atoms with Crippen molar-refractivity contribution in [3.63, 3.8) is 0 Å². The molecule has 0 aromatic heterocycles. The van der Waals surface area contributed by atoms with E-state index in [2.05, 4.69) is 17.6 Å². The van der Waals surface area contributed by atoms with Crippen LogP contribution >= 0.6 is 0 Å². The average Bonchev–Trinajstić information content (AvgIpc) is 2.94. The molecule has 0 spiro atoms. The Morgan fingerprint density at radius 3 is 2.53 bits per heavy atom. The maximum absolute atomic E-state index is 12.7. The summed E-state index contributed by atoms with van der Waals surface area (Å²) in [6.07, 6.45) is 5.71. The summed E-state index contributed by atoms with van der Waals surface area (Å²) >= 11 is 0.889. The van der Waals surface area contributed by atoms with E-state index in [0.29, 0.717) is 18.5 Å². The van der Waals surface area contributed by atoms with Crippen LogP contribution in [0.15, 0.2) is 18.2 Å². The third kappa shape index (κ3) is 9.09. The van der Waals surface area contributed by atoms with E-state index in [9.17, 15) is 9.59 Å². The van der Waals surface area contributed by atoms with Crippen molar-refractivity contribution in [2.45, 2.75) is 32.2 Å². The number of fused-ring (bicyclic) bond motifs is 1. The van der Waals surface area contributed by atoms with Crippen molar-refractivity contribution in [3.8, 4) is 0 Å². The molecule has 0 saturated carbocycles. The number of aliphatic carboxylic acids is 1. The zero-order valence-electron chi connectivity index (χ0n) is 17.1. The predicted molar refractivity (Wildman–Crippen MR) is 107 cm³/mol. The number of rotatable bonds is 4. The molecule has 9 heteroatoms. The van der Waals surface area contributed by atoms with Gasteiger partial charge in [-0.25, -0.2) is 0 Å². The molecule has 1 fully saturated rings. The van der Waals surface area contributed by atoms with Gasteiger partial charge in [0.15, 0.2) is 5.97 Å². The van der Waals surface area contributed by atoms with Gasteiger partial charge < -0.3 is 31.9 Å². The third-order valence-corrected chi connectivity index (χ3v) is 5.09. The number of carboxylic acids is 1. The Balaban J connectivity index is 0.000000673. The number of hydrogen-bond donors (Lipinski definition) is 3. The molecule has 0 bridgehead atoms. The molecule has 170 valence electrons. The van der Waals surface area contributed by atoms with E-state index in [1.165, 1.54) is 12.8 Å². The van der Waals surface area contributed by atoms with Gasteiger partial charge in [-0.2, -0.15) is 0 Å². The van der Waals surface area contributed by atoms with Gasteiger partial charge in [-0.15, -0.1) is 6.42 Å². The second-order valence-corrected chi connectivity index (χ2v) is 7.21. The molecule has 30 heavy (non-hydrogen) atoms. The van der Waals surface area contributed by atoms with E-state index >= 15 is 0 Å². The number of hydrogen-bond acceptors (Lipinski definition) is 5. The van der Waals surface area contributed by atoms with Gasteiger partial charge in [0.25, 0.3) is 5.91 Å². The average molecular weight is 599 g/mol. The molecule has 1 saturated heterocycles. The molecule has 3 N–H and O–H groups in total. The first-order valence-electron chi connectivity index (χ1n) is 9.73. The first-order chi connectivity index (χ1) is 14.4. The number of carbonyl (C=O) groups is 3. The molecule has 8 nitrogen and oxygen atoms in total. The van der Waals surface area contributed by atoms with Gasteiger partial charge in [-0.1, -0.05) is 11.6 Å². The van der Waals surface area contributed by atoms with Crippen molar-refractivity contribution in [2.75, 3.05) is 26.7 Å². The standard InChI is InChI=1S/C19H26N3O2.C2H3O2.O.Pt/c1-22(11-8-14-6-9-20-10-7-14)19(24)16-2-3-17-13-21-18(23)5-4-15(17)12-16;1-2(3)4;;/h2-3,5,12,14,20H,4,6-11,13H2,1H3,(H,21,23);1H2,(H,3,4);;/q2*-1;;. The Morgan fingerprint density at radius 2 is 1.90 bits per heavy atom. The van der Waals surface area contributed by atoms with Crippen LogP contribution in [0.4, 0.5) is 0 Å². The van der Waals surface area contributed by atoms with Gasteiger partial charge in [-0.3, -0.25) is 16.5 Å². The number of piperidine rings is 1. The van der Waals surface area contributed by atoms with Crippen molar-refractivity contribution in [1.29, 1.82) is 0 Å². The third-order valence-electron chi connectivity index (χ3n) is 5.09. The molecule has 0 radical (unpaired) electrons. The number of carboxylic acid groups (broad SMARTS) is 1. The molecular weight excluding hydrogens is 569 g/mol. The van der Waals surface area contributed by atoms with Crippen LogP contribution in [-0.2, 0) is 45.7 Å². The fraction of sp³-hybridized carbons (Fsp3) is 0.476. The fourth-order valence-corrected chi connectivity index (χ4v) is 3.45. The monoisotopic (exact) mass is 598 g/mol. The van der Waals surface area contributed by atoms with Gasteiger partial charge in [0.05, 0.1) is 5.91 Å². The predicted octanol–water partition coefficient (Wildman–Crippen LogP) is 1.31. The summed E-state index contributed by atoms with van der Waals surface area (Å²) in [5.41, 5.74) is 2.86. The normalized spacial score (nSPS) is 15.5.